The minimum atomic E-state index is -1.16. The number of carbonyl (C=O) groups excluding carboxylic acids is 1. The SMILES string of the molecule is O=C(O)CNC(=O)c1ccc(F)c(Oc2ccccc2)c1. The van der Waals surface area contributed by atoms with Crippen molar-refractivity contribution < 1.29 is 23.8 Å². The lowest BCUT2D eigenvalue weighted by Crippen LogP contribution is -2.29. The molecule has 0 aliphatic carbocycles. The maximum atomic E-state index is 13.7. The lowest BCUT2D eigenvalue weighted by molar-refractivity contribution is -0.135. The predicted molar refractivity (Wildman–Crippen MR) is 72.9 cm³/mol. The zero-order chi connectivity index (χ0) is 15.2. The van der Waals surface area contributed by atoms with Gasteiger partial charge in [-0.2, -0.15) is 0 Å². The quantitative estimate of drug-likeness (QED) is 0.886. The number of hydrogen-bond donors (Lipinski definition) is 2. The maximum absolute atomic E-state index is 13.7. The van der Waals surface area contributed by atoms with Gasteiger partial charge in [0.05, 0.1) is 0 Å². The molecule has 0 fully saturated rings. The summed E-state index contributed by atoms with van der Waals surface area (Å²) in [5.41, 5.74) is 0.114. The monoisotopic (exact) mass is 289 g/mol. The summed E-state index contributed by atoms with van der Waals surface area (Å²) in [6, 6.07) is 12.1. The van der Waals surface area contributed by atoms with Crippen LogP contribution in [0.15, 0.2) is 48.5 Å². The van der Waals surface area contributed by atoms with E-state index in [1.165, 1.54) is 12.1 Å². The summed E-state index contributed by atoms with van der Waals surface area (Å²) >= 11 is 0. The van der Waals surface area contributed by atoms with E-state index in [1.54, 1.807) is 30.3 Å². The highest BCUT2D eigenvalue weighted by Crippen LogP contribution is 2.25. The fourth-order valence-electron chi connectivity index (χ4n) is 1.60. The minimum absolute atomic E-state index is 0.107. The molecule has 0 aromatic heterocycles. The van der Waals surface area contributed by atoms with Crippen LogP contribution in [-0.2, 0) is 4.79 Å². The molecule has 0 saturated heterocycles. The highest BCUT2D eigenvalue weighted by atomic mass is 19.1. The predicted octanol–water partition coefficient (Wildman–Crippen LogP) is 2.43. The number of carboxylic acids is 1. The zero-order valence-corrected chi connectivity index (χ0v) is 10.9. The largest absolute Gasteiger partial charge is 0.480 e. The van der Waals surface area contributed by atoms with Crippen molar-refractivity contribution in [2.45, 2.75) is 0 Å². The number of hydrogen-bond acceptors (Lipinski definition) is 3. The van der Waals surface area contributed by atoms with Gasteiger partial charge in [-0.15, -0.1) is 0 Å². The van der Waals surface area contributed by atoms with Crippen LogP contribution in [0.1, 0.15) is 10.4 Å². The third kappa shape index (κ3) is 4.04. The van der Waals surface area contributed by atoms with Gasteiger partial charge in [-0.3, -0.25) is 9.59 Å². The Labute approximate surface area is 120 Å². The number of benzene rings is 2. The van der Waals surface area contributed by atoms with E-state index in [2.05, 4.69) is 5.32 Å². The number of carbonyl (C=O) groups is 2. The number of carboxylic acid groups (broad SMARTS) is 1. The van der Waals surface area contributed by atoms with E-state index in [4.69, 9.17) is 9.84 Å². The fourth-order valence-corrected chi connectivity index (χ4v) is 1.60. The average Bonchev–Trinajstić information content (AvgIpc) is 2.48. The topological polar surface area (TPSA) is 75.6 Å². The Balaban J connectivity index is 2.17. The Morgan fingerprint density at radius 2 is 1.86 bits per heavy atom. The Hall–Kier alpha value is -2.89. The second-order valence-corrected chi connectivity index (χ2v) is 4.14. The van der Waals surface area contributed by atoms with E-state index >= 15 is 0 Å². The van der Waals surface area contributed by atoms with E-state index in [-0.39, 0.29) is 11.3 Å². The van der Waals surface area contributed by atoms with Crippen LogP contribution in [0.2, 0.25) is 0 Å². The summed E-state index contributed by atoms with van der Waals surface area (Å²) in [6.07, 6.45) is 0. The molecule has 108 valence electrons. The average molecular weight is 289 g/mol. The van der Waals surface area contributed by atoms with Crippen molar-refractivity contribution in [3.63, 3.8) is 0 Å². The van der Waals surface area contributed by atoms with Crippen LogP contribution >= 0.6 is 0 Å². The van der Waals surface area contributed by atoms with Crippen LogP contribution in [0.25, 0.3) is 0 Å². The van der Waals surface area contributed by atoms with Crippen molar-refractivity contribution in [3.05, 3.63) is 59.9 Å². The molecule has 0 aliphatic rings. The van der Waals surface area contributed by atoms with Gasteiger partial charge in [0.25, 0.3) is 5.91 Å². The summed E-state index contributed by atoms with van der Waals surface area (Å²) in [5, 5.41) is 10.7. The molecule has 6 heteroatoms. The maximum Gasteiger partial charge on any atom is 0.322 e. The third-order valence-electron chi connectivity index (χ3n) is 2.56. The first-order valence-corrected chi connectivity index (χ1v) is 6.08. The molecule has 0 heterocycles. The van der Waals surface area contributed by atoms with Gasteiger partial charge in [0.1, 0.15) is 12.3 Å². The molecule has 0 bridgehead atoms. The van der Waals surface area contributed by atoms with Gasteiger partial charge in [-0.1, -0.05) is 18.2 Å². The summed E-state index contributed by atoms with van der Waals surface area (Å²) in [5.74, 6) is -2.07. The molecular weight excluding hydrogens is 277 g/mol. The molecule has 2 N–H and O–H groups in total. The van der Waals surface area contributed by atoms with Crippen molar-refractivity contribution in [3.8, 4) is 11.5 Å². The number of nitrogens with one attached hydrogen (secondary N) is 1. The number of amides is 1. The van der Waals surface area contributed by atoms with Gasteiger partial charge in [-0.25, -0.2) is 4.39 Å². The first-order valence-electron chi connectivity index (χ1n) is 6.08. The minimum Gasteiger partial charge on any atom is -0.480 e. The summed E-state index contributed by atoms with van der Waals surface area (Å²) in [4.78, 5) is 22.1. The molecule has 2 aromatic carbocycles. The fraction of sp³-hybridized carbons (Fsp3) is 0.0667. The highest BCUT2D eigenvalue weighted by molar-refractivity contribution is 5.96. The van der Waals surface area contributed by atoms with Gasteiger partial charge in [0.2, 0.25) is 0 Å². The third-order valence-corrected chi connectivity index (χ3v) is 2.56. The second kappa shape index (κ2) is 6.51. The number of aliphatic carboxylic acids is 1. The lowest BCUT2D eigenvalue weighted by atomic mass is 10.2. The molecule has 2 aromatic rings. The van der Waals surface area contributed by atoms with Gasteiger partial charge in [0.15, 0.2) is 11.6 Å². The van der Waals surface area contributed by atoms with Crippen LogP contribution in [-0.4, -0.2) is 23.5 Å². The number of para-hydroxylation sites is 1. The van der Waals surface area contributed by atoms with Gasteiger partial charge < -0.3 is 15.2 Å². The van der Waals surface area contributed by atoms with E-state index in [0.29, 0.717) is 5.75 Å². The Morgan fingerprint density at radius 1 is 1.14 bits per heavy atom. The van der Waals surface area contributed by atoms with Crippen LogP contribution in [0.5, 0.6) is 11.5 Å². The van der Waals surface area contributed by atoms with Gasteiger partial charge in [0, 0.05) is 5.56 Å². The highest BCUT2D eigenvalue weighted by Gasteiger charge is 2.12. The van der Waals surface area contributed by atoms with E-state index < -0.39 is 24.2 Å². The van der Waals surface area contributed by atoms with Crippen LogP contribution in [0.4, 0.5) is 4.39 Å². The smallest absolute Gasteiger partial charge is 0.322 e. The summed E-state index contributed by atoms with van der Waals surface area (Å²) in [7, 11) is 0. The molecule has 0 saturated carbocycles. The van der Waals surface area contributed by atoms with Gasteiger partial charge >= 0.3 is 5.97 Å². The summed E-state index contributed by atoms with van der Waals surface area (Å²) in [6.45, 7) is -0.509. The molecule has 1 amide bonds. The van der Waals surface area contributed by atoms with Gasteiger partial charge in [-0.05, 0) is 30.3 Å². The van der Waals surface area contributed by atoms with Crippen LogP contribution in [0.3, 0.4) is 0 Å². The number of rotatable bonds is 5. The lowest BCUT2D eigenvalue weighted by Gasteiger charge is -2.08. The number of halogens is 1. The number of ether oxygens (including phenoxy) is 1. The first kappa shape index (κ1) is 14.5. The zero-order valence-electron chi connectivity index (χ0n) is 10.9. The van der Waals surface area contributed by atoms with E-state index in [9.17, 15) is 14.0 Å². The molecule has 21 heavy (non-hydrogen) atoms. The molecule has 2 rings (SSSR count). The van der Waals surface area contributed by atoms with Crippen LogP contribution < -0.4 is 10.1 Å². The van der Waals surface area contributed by atoms with Crippen LogP contribution in [0, 0.1) is 5.82 Å². The molecule has 0 spiro atoms. The van der Waals surface area contributed by atoms with E-state index in [0.717, 1.165) is 6.07 Å². The Morgan fingerprint density at radius 3 is 2.52 bits per heavy atom. The molecular formula is C15H12FNO4. The van der Waals surface area contributed by atoms with E-state index in [1.807, 2.05) is 0 Å². The summed E-state index contributed by atoms with van der Waals surface area (Å²) < 4.78 is 19.0. The van der Waals surface area contributed by atoms with Crippen molar-refractivity contribution in [1.82, 2.24) is 5.32 Å². The Kier molecular flexibility index (Phi) is 4.50. The van der Waals surface area contributed by atoms with Crippen molar-refractivity contribution in [2.24, 2.45) is 0 Å². The molecule has 5 nitrogen and oxygen atoms in total. The first-order chi connectivity index (χ1) is 10.1. The molecule has 0 aliphatic heterocycles. The standard InChI is InChI=1S/C15H12FNO4/c16-12-7-6-10(15(20)17-9-14(18)19)8-13(12)21-11-4-2-1-3-5-11/h1-8H,9H2,(H,17,20)(H,18,19). The normalized spacial score (nSPS) is 9.95. The second-order valence-electron chi connectivity index (χ2n) is 4.14. The molecule has 0 radical (unpaired) electrons. The molecule has 0 unspecified atom stereocenters. The van der Waals surface area contributed by atoms with Crippen molar-refractivity contribution in [2.75, 3.05) is 6.54 Å². The Bertz CT molecular complexity index is 658. The molecule has 0 atom stereocenters. The van der Waals surface area contributed by atoms with Crippen molar-refractivity contribution >= 4 is 11.9 Å². The van der Waals surface area contributed by atoms with Crippen molar-refractivity contribution in [1.29, 1.82) is 0 Å².